The minimum absolute atomic E-state index is 0.00933. The first-order chi connectivity index (χ1) is 11.0. The molecule has 1 aliphatic heterocycles. The second kappa shape index (κ2) is 6.34. The Morgan fingerprint density at radius 1 is 1.30 bits per heavy atom. The van der Waals surface area contributed by atoms with E-state index in [0.717, 1.165) is 22.0 Å². The van der Waals surface area contributed by atoms with Gasteiger partial charge in [0.1, 0.15) is 5.69 Å². The standard InChI is InChI=1S/C18H24N2O3/c1-11-7-12(2)16-15(8-11)13(3)17(19-16)18(21)20(4)9-14-10-22-5-6-23-14/h7-8,14,19H,5-6,9-10H2,1-4H3/t14-/m1/s1. The predicted octanol–water partition coefficient (Wildman–Crippen LogP) is 2.58. The molecule has 5 nitrogen and oxygen atoms in total. The number of hydrogen-bond acceptors (Lipinski definition) is 3. The van der Waals surface area contributed by atoms with Crippen molar-refractivity contribution in [3.05, 3.63) is 34.5 Å². The fourth-order valence-corrected chi connectivity index (χ4v) is 3.22. The van der Waals surface area contributed by atoms with Crippen molar-refractivity contribution < 1.29 is 14.3 Å². The Bertz CT molecular complexity index is 729. The van der Waals surface area contributed by atoms with Crippen molar-refractivity contribution in [1.29, 1.82) is 0 Å². The summed E-state index contributed by atoms with van der Waals surface area (Å²) in [5.74, 6) is -0.00933. The first-order valence-corrected chi connectivity index (χ1v) is 8.01. The molecular formula is C18H24N2O3. The third-order valence-corrected chi connectivity index (χ3v) is 4.43. The Kier molecular flexibility index (Phi) is 4.41. The molecule has 0 unspecified atom stereocenters. The topological polar surface area (TPSA) is 54.6 Å². The average Bonchev–Trinajstić information content (AvgIpc) is 2.85. The van der Waals surface area contributed by atoms with Gasteiger partial charge in [0.25, 0.3) is 5.91 Å². The van der Waals surface area contributed by atoms with Gasteiger partial charge >= 0.3 is 0 Å². The zero-order valence-electron chi connectivity index (χ0n) is 14.2. The second-order valence-electron chi connectivity index (χ2n) is 6.38. The fraction of sp³-hybridized carbons (Fsp3) is 0.500. The van der Waals surface area contributed by atoms with Crippen molar-refractivity contribution in [2.75, 3.05) is 33.4 Å². The van der Waals surface area contributed by atoms with Gasteiger partial charge in [-0.25, -0.2) is 0 Å². The lowest BCUT2D eigenvalue weighted by Crippen LogP contribution is -2.41. The minimum Gasteiger partial charge on any atom is -0.376 e. The highest BCUT2D eigenvalue weighted by Gasteiger charge is 2.23. The van der Waals surface area contributed by atoms with E-state index in [-0.39, 0.29) is 12.0 Å². The molecule has 1 atom stereocenters. The van der Waals surface area contributed by atoms with Crippen LogP contribution in [0.1, 0.15) is 27.2 Å². The van der Waals surface area contributed by atoms with Crippen molar-refractivity contribution in [2.45, 2.75) is 26.9 Å². The number of likely N-dealkylation sites (N-methyl/N-ethyl adjacent to an activating group) is 1. The predicted molar refractivity (Wildman–Crippen MR) is 90.0 cm³/mol. The van der Waals surface area contributed by atoms with Crippen LogP contribution in [0.2, 0.25) is 0 Å². The van der Waals surface area contributed by atoms with Gasteiger partial charge in [-0.1, -0.05) is 11.6 Å². The van der Waals surface area contributed by atoms with Crippen LogP contribution >= 0.6 is 0 Å². The van der Waals surface area contributed by atoms with Crippen LogP contribution in [-0.4, -0.2) is 55.3 Å². The summed E-state index contributed by atoms with van der Waals surface area (Å²) in [5, 5.41) is 1.12. The van der Waals surface area contributed by atoms with Crippen molar-refractivity contribution >= 4 is 16.8 Å². The molecule has 0 spiro atoms. The number of amides is 1. The highest BCUT2D eigenvalue weighted by atomic mass is 16.6. The van der Waals surface area contributed by atoms with Crippen LogP contribution in [0.25, 0.3) is 10.9 Å². The minimum atomic E-state index is -0.0497. The third-order valence-electron chi connectivity index (χ3n) is 4.43. The number of carbonyl (C=O) groups is 1. The zero-order valence-corrected chi connectivity index (χ0v) is 14.2. The number of H-pyrrole nitrogens is 1. The van der Waals surface area contributed by atoms with E-state index in [1.54, 1.807) is 4.90 Å². The van der Waals surface area contributed by atoms with E-state index in [1.807, 2.05) is 14.0 Å². The van der Waals surface area contributed by atoms with Gasteiger partial charge in [0.2, 0.25) is 0 Å². The molecule has 23 heavy (non-hydrogen) atoms. The van der Waals surface area contributed by atoms with Gasteiger partial charge in [0.15, 0.2) is 0 Å². The van der Waals surface area contributed by atoms with Crippen LogP contribution in [0.3, 0.4) is 0 Å². The molecule has 1 aromatic carbocycles. The fourth-order valence-electron chi connectivity index (χ4n) is 3.22. The maximum absolute atomic E-state index is 12.8. The number of ether oxygens (including phenoxy) is 2. The van der Waals surface area contributed by atoms with Crippen molar-refractivity contribution in [3.8, 4) is 0 Å². The number of carbonyl (C=O) groups excluding carboxylic acids is 1. The summed E-state index contributed by atoms with van der Waals surface area (Å²) in [6.07, 6.45) is -0.0497. The normalized spacial score (nSPS) is 18.3. The molecule has 5 heteroatoms. The van der Waals surface area contributed by atoms with Gasteiger partial charge in [-0.3, -0.25) is 4.79 Å². The summed E-state index contributed by atoms with van der Waals surface area (Å²) in [4.78, 5) is 17.8. The van der Waals surface area contributed by atoms with Gasteiger partial charge in [-0.15, -0.1) is 0 Å². The van der Waals surface area contributed by atoms with Crippen LogP contribution in [-0.2, 0) is 9.47 Å². The molecule has 3 rings (SSSR count). The van der Waals surface area contributed by atoms with Crippen LogP contribution in [0.4, 0.5) is 0 Å². The molecule has 1 aromatic heterocycles. The molecule has 2 aromatic rings. The number of nitrogens with one attached hydrogen (secondary N) is 1. The smallest absolute Gasteiger partial charge is 0.270 e. The van der Waals surface area contributed by atoms with Gasteiger partial charge in [-0.05, 0) is 38.0 Å². The van der Waals surface area contributed by atoms with Crippen molar-refractivity contribution in [1.82, 2.24) is 9.88 Å². The number of aromatic nitrogens is 1. The number of hydrogen-bond donors (Lipinski definition) is 1. The molecule has 1 amide bonds. The van der Waals surface area contributed by atoms with E-state index in [1.165, 1.54) is 5.56 Å². The Morgan fingerprint density at radius 3 is 2.78 bits per heavy atom. The Balaban J connectivity index is 1.85. The van der Waals surface area contributed by atoms with Crippen molar-refractivity contribution in [3.63, 3.8) is 0 Å². The van der Waals surface area contributed by atoms with Gasteiger partial charge < -0.3 is 19.4 Å². The molecule has 0 bridgehead atoms. The highest BCUT2D eigenvalue weighted by Crippen LogP contribution is 2.26. The van der Waals surface area contributed by atoms with E-state index in [4.69, 9.17) is 9.47 Å². The molecule has 1 N–H and O–H groups in total. The van der Waals surface area contributed by atoms with Crippen LogP contribution in [0.5, 0.6) is 0 Å². The number of nitrogens with zero attached hydrogens (tertiary/aromatic N) is 1. The van der Waals surface area contributed by atoms with Crippen LogP contribution in [0, 0.1) is 20.8 Å². The maximum atomic E-state index is 12.8. The molecule has 1 aliphatic rings. The van der Waals surface area contributed by atoms with E-state index in [2.05, 4.69) is 31.0 Å². The zero-order chi connectivity index (χ0) is 16.6. The maximum Gasteiger partial charge on any atom is 0.270 e. The number of aromatic amines is 1. The quantitative estimate of drug-likeness (QED) is 0.947. The SMILES string of the molecule is Cc1cc(C)c2[nH]c(C(=O)N(C)C[C@@H]3COCCO3)c(C)c2c1. The second-order valence-corrected chi connectivity index (χ2v) is 6.38. The van der Waals surface area contributed by atoms with Crippen LogP contribution < -0.4 is 0 Å². The molecule has 2 heterocycles. The summed E-state index contributed by atoms with van der Waals surface area (Å²) in [6.45, 7) is 8.44. The molecule has 1 fully saturated rings. The summed E-state index contributed by atoms with van der Waals surface area (Å²) in [7, 11) is 1.81. The molecular weight excluding hydrogens is 292 g/mol. The molecule has 124 valence electrons. The van der Waals surface area contributed by atoms with E-state index < -0.39 is 0 Å². The first-order valence-electron chi connectivity index (χ1n) is 8.01. The lowest BCUT2D eigenvalue weighted by molar-refractivity contribution is -0.0933. The molecule has 0 saturated carbocycles. The first kappa shape index (κ1) is 16.0. The van der Waals surface area contributed by atoms with E-state index in [9.17, 15) is 4.79 Å². The summed E-state index contributed by atoms with van der Waals surface area (Å²) in [6, 6.07) is 4.26. The summed E-state index contributed by atoms with van der Waals surface area (Å²) in [5.41, 5.74) is 5.07. The number of fused-ring (bicyclic) bond motifs is 1. The molecule has 1 saturated heterocycles. The van der Waals surface area contributed by atoms with Gasteiger partial charge in [0, 0.05) is 24.5 Å². The summed E-state index contributed by atoms with van der Waals surface area (Å²) >= 11 is 0. The Labute approximate surface area is 136 Å². The lowest BCUT2D eigenvalue weighted by atomic mass is 10.1. The van der Waals surface area contributed by atoms with E-state index >= 15 is 0 Å². The number of rotatable bonds is 3. The number of aryl methyl sites for hydroxylation is 3. The van der Waals surface area contributed by atoms with Crippen molar-refractivity contribution in [2.24, 2.45) is 0 Å². The average molecular weight is 316 g/mol. The summed E-state index contributed by atoms with van der Waals surface area (Å²) < 4.78 is 11.0. The Morgan fingerprint density at radius 2 is 2.09 bits per heavy atom. The highest BCUT2D eigenvalue weighted by molar-refractivity contribution is 6.01. The Hall–Kier alpha value is -1.85. The van der Waals surface area contributed by atoms with Crippen LogP contribution in [0.15, 0.2) is 12.1 Å². The monoisotopic (exact) mass is 316 g/mol. The largest absolute Gasteiger partial charge is 0.376 e. The molecule has 0 aliphatic carbocycles. The van der Waals surface area contributed by atoms with Gasteiger partial charge in [-0.2, -0.15) is 0 Å². The lowest BCUT2D eigenvalue weighted by Gasteiger charge is -2.27. The van der Waals surface area contributed by atoms with Gasteiger partial charge in [0.05, 0.1) is 25.9 Å². The third kappa shape index (κ3) is 3.12. The number of benzene rings is 1. The van der Waals surface area contributed by atoms with E-state index in [0.29, 0.717) is 32.1 Å². The molecule has 0 radical (unpaired) electrons.